The van der Waals surface area contributed by atoms with E-state index < -0.39 is 0 Å². The molecule has 1 aromatic rings. The van der Waals surface area contributed by atoms with Gasteiger partial charge in [0.05, 0.1) is 7.11 Å². The molecular weight excluding hydrogens is 224 g/mol. The zero-order chi connectivity index (χ0) is 12.8. The summed E-state index contributed by atoms with van der Waals surface area (Å²) in [4.78, 5) is 0. The second-order valence-corrected chi connectivity index (χ2v) is 5.14. The fourth-order valence-corrected chi connectivity index (χ4v) is 1.96. The summed E-state index contributed by atoms with van der Waals surface area (Å²) in [6.45, 7) is 4.34. The molecule has 1 atom stereocenters. The van der Waals surface area contributed by atoms with Crippen molar-refractivity contribution in [3.05, 3.63) is 29.8 Å². The highest BCUT2D eigenvalue weighted by Crippen LogP contribution is 2.18. The smallest absolute Gasteiger partial charge is 0.118 e. The highest BCUT2D eigenvalue weighted by atomic mass is 16.5. The molecule has 0 aliphatic heterocycles. The molecule has 0 radical (unpaired) electrons. The van der Waals surface area contributed by atoms with E-state index in [0.29, 0.717) is 6.04 Å². The van der Waals surface area contributed by atoms with Crippen LogP contribution < -0.4 is 15.4 Å². The van der Waals surface area contributed by atoms with Crippen LogP contribution in [0.4, 0.5) is 0 Å². The first-order valence-corrected chi connectivity index (χ1v) is 6.87. The molecule has 1 unspecified atom stereocenters. The summed E-state index contributed by atoms with van der Waals surface area (Å²) in [5.74, 6) is 0.925. The Kier molecular flexibility index (Phi) is 5.02. The van der Waals surface area contributed by atoms with Gasteiger partial charge in [-0.25, -0.2) is 0 Å². The lowest BCUT2D eigenvalue weighted by atomic mass is 10.1. The predicted octanol–water partition coefficient (Wildman–Crippen LogP) is 1.97. The maximum absolute atomic E-state index is 5.15. The van der Waals surface area contributed by atoms with Crippen LogP contribution in [0.25, 0.3) is 0 Å². The zero-order valence-electron chi connectivity index (χ0n) is 11.4. The molecule has 2 rings (SSSR count). The lowest BCUT2D eigenvalue weighted by Crippen LogP contribution is -2.38. The van der Waals surface area contributed by atoms with Gasteiger partial charge in [-0.3, -0.25) is 0 Å². The largest absolute Gasteiger partial charge is 0.497 e. The van der Waals surface area contributed by atoms with Gasteiger partial charge in [-0.15, -0.1) is 0 Å². The molecule has 0 heterocycles. The summed E-state index contributed by atoms with van der Waals surface area (Å²) in [5, 5.41) is 7.09. The Bertz CT molecular complexity index is 346. The maximum atomic E-state index is 5.15. The van der Waals surface area contributed by atoms with E-state index in [0.717, 1.165) is 31.3 Å². The Morgan fingerprint density at radius 1 is 1.28 bits per heavy atom. The third-order valence-corrected chi connectivity index (χ3v) is 3.36. The van der Waals surface area contributed by atoms with Crippen molar-refractivity contribution in [1.82, 2.24) is 10.6 Å². The Labute approximate surface area is 110 Å². The summed E-state index contributed by atoms with van der Waals surface area (Å²) in [7, 11) is 1.70. The van der Waals surface area contributed by atoms with E-state index in [1.807, 2.05) is 12.1 Å². The number of methoxy groups -OCH3 is 1. The van der Waals surface area contributed by atoms with Crippen molar-refractivity contribution in [3.8, 4) is 5.75 Å². The number of hydrogen-bond acceptors (Lipinski definition) is 3. The van der Waals surface area contributed by atoms with Crippen molar-refractivity contribution in [1.29, 1.82) is 0 Å². The number of benzene rings is 1. The third kappa shape index (κ3) is 4.67. The van der Waals surface area contributed by atoms with Crippen LogP contribution in [0.15, 0.2) is 24.3 Å². The van der Waals surface area contributed by atoms with E-state index >= 15 is 0 Å². The summed E-state index contributed by atoms with van der Waals surface area (Å²) in [6, 6.07) is 9.65. The number of hydrogen-bond donors (Lipinski definition) is 2. The molecule has 0 bridgehead atoms. The number of rotatable bonds is 8. The Morgan fingerprint density at radius 2 is 2.00 bits per heavy atom. The van der Waals surface area contributed by atoms with Crippen LogP contribution in [0.3, 0.4) is 0 Å². The van der Waals surface area contributed by atoms with Gasteiger partial charge in [-0.1, -0.05) is 12.1 Å². The molecule has 0 spiro atoms. The van der Waals surface area contributed by atoms with Crippen molar-refractivity contribution < 1.29 is 4.74 Å². The molecule has 100 valence electrons. The monoisotopic (exact) mass is 248 g/mol. The lowest BCUT2D eigenvalue weighted by molar-refractivity contribution is 0.414. The first-order chi connectivity index (χ1) is 8.78. The minimum absolute atomic E-state index is 0.545. The average molecular weight is 248 g/mol. The van der Waals surface area contributed by atoms with Crippen LogP contribution in [0.5, 0.6) is 5.75 Å². The molecule has 1 aliphatic carbocycles. The van der Waals surface area contributed by atoms with E-state index in [4.69, 9.17) is 4.74 Å². The molecule has 18 heavy (non-hydrogen) atoms. The molecule has 1 aliphatic rings. The van der Waals surface area contributed by atoms with Gasteiger partial charge in [-0.05, 0) is 50.4 Å². The third-order valence-electron chi connectivity index (χ3n) is 3.36. The Balaban J connectivity index is 1.60. The standard InChI is InChI=1S/C15H24N2O/c1-12(11-17-14-5-6-14)16-10-9-13-3-7-15(18-2)8-4-13/h3-4,7-8,12,14,16-17H,5-6,9-11H2,1-2H3. The van der Waals surface area contributed by atoms with Crippen molar-refractivity contribution in [2.24, 2.45) is 0 Å². The maximum Gasteiger partial charge on any atom is 0.118 e. The molecule has 1 aromatic carbocycles. The summed E-state index contributed by atoms with van der Waals surface area (Å²) < 4.78 is 5.15. The minimum atomic E-state index is 0.545. The highest BCUT2D eigenvalue weighted by Gasteiger charge is 2.20. The second kappa shape index (κ2) is 6.76. The predicted molar refractivity (Wildman–Crippen MR) is 75.2 cm³/mol. The Hall–Kier alpha value is -1.06. The number of ether oxygens (including phenoxy) is 1. The second-order valence-electron chi connectivity index (χ2n) is 5.14. The molecule has 0 aromatic heterocycles. The van der Waals surface area contributed by atoms with Gasteiger partial charge in [0.15, 0.2) is 0 Å². The fraction of sp³-hybridized carbons (Fsp3) is 0.600. The number of nitrogens with one attached hydrogen (secondary N) is 2. The SMILES string of the molecule is COc1ccc(CCNC(C)CNC2CC2)cc1. The molecule has 3 heteroatoms. The summed E-state index contributed by atoms with van der Waals surface area (Å²) >= 11 is 0. The van der Waals surface area contributed by atoms with Gasteiger partial charge in [0.25, 0.3) is 0 Å². The van der Waals surface area contributed by atoms with Crippen molar-refractivity contribution >= 4 is 0 Å². The average Bonchev–Trinajstić information content (AvgIpc) is 3.21. The van der Waals surface area contributed by atoms with Crippen molar-refractivity contribution in [2.75, 3.05) is 20.2 Å². The quantitative estimate of drug-likeness (QED) is 0.738. The van der Waals surface area contributed by atoms with Gasteiger partial charge in [0, 0.05) is 18.6 Å². The molecule has 1 saturated carbocycles. The van der Waals surface area contributed by atoms with Crippen LogP contribution in [0.2, 0.25) is 0 Å². The minimum Gasteiger partial charge on any atom is -0.497 e. The fourth-order valence-electron chi connectivity index (χ4n) is 1.96. The van der Waals surface area contributed by atoms with Gasteiger partial charge in [0.1, 0.15) is 5.75 Å². The lowest BCUT2D eigenvalue weighted by Gasteiger charge is -2.14. The van der Waals surface area contributed by atoms with Crippen LogP contribution in [0.1, 0.15) is 25.3 Å². The van der Waals surface area contributed by atoms with Crippen LogP contribution in [0, 0.1) is 0 Å². The summed E-state index contributed by atoms with van der Waals surface area (Å²) in [5.41, 5.74) is 1.35. The molecule has 2 N–H and O–H groups in total. The van der Waals surface area contributed by atoms with Crippen molar-refractivity contribution in [2.45, 2.75) is 38.3 Å². The van der Waals surface area contributed by atoms with Gasteiger partial charge >= 0.3 is 0 Å². The molecule has 1 fully saturated rings. The van der Waals surface area contributed by atoms with Gasteiger partial charge in [0.2, 0.25) is 0 Å². The van der Waals surface area contributed by atoms with Crippen molar-refractivity contribution in [3.63, 3.8) is 0 Å². The van der Waals surface area contributed by atoms with Crippen LogP contribution in [-0.4, -0.2) is 32.3 Å². The van der Waals surface area contributed by atoms with E-state index in [2.05, 4.69) is 29.7 Å². The van der Waals surface area contributed by atoms with Gasteiger partial charge < -0.3 is 15.4 Å². The first-order valence-electron chi connectivity index (χ1n) is 6.87. The van der Waals surface area contributed by atoms with Crippen LogP contribution >= 0.6 is 0 Å². The molecule has 0 amide bonds. The van der Waals surface area contributed by atoms with E-state index in [1.54, 1.807) is 7.11 Å². The normalized spacial score (nSPS) is 16.6. The zero-order valence-corrected chi connectivity index (χ0v) is 11.4. The highest BCUT2D eigenvalue weighted by molar-refractivity contribution is 5.27. The Morgan fingerprint density at radius 3 is 2.61 bits per heavy atom. The van der Waals surface area contributed by atoms with E-state index in [-0.39, 0.29) is 0 Å². The van der Waals surface area contributed by atoms with E-state index in [9.17, 15) is 0 Å². The summed E-state index contributed by atoms with van der Waals surface area (Å²) in [6.07, 6.45) is 3.79. The van der Waals surface area contributed by atoms with Crippen LogP contribution in [-0.2, 0) is 6.42 Å². The molecule has 0 saturated heterocycles. The molecule has 3 nitrogen and oxygen atoms in total. The molecular formula is C15H24N2O. The topological polar surface area (TPSA) is 33.3 Å². The van der Waals surface area contributed by atoms with Gasteiger partial charge in [-0.2, -0.15) is 0 Å². The first kappa shape index (κ1) is 13.4. The van der Waals surface area contributed by atoms with E-state index in [1.165, 1.54) is 18.4 Å².